The normalized spacial score (nSPS) is 13.9. The van der Waals surface area contributed by atoms with Crippen LogP contribution in [-0.4, -0.2) is 57.3 Å². The summed E-state index contributed by atoms with van der Waals surface area (Å²) in [7, 11) is 0. The molecule has 1 fully saturated rings. The van der Waals surface area contributed by atoms with Crippen molar-refractivity contribution in [3.63, 3.8) is 0 Å². The number of benzene rings is 1. The van der Waals surface area contributed by atoms with Crippen LogP contribution in [0.15, 0.2) is 64.6 Å². The first-order chi connectivity index (χ1) is 16.5. The van der Waals surface area contributed by atoms with Crippen LogP contribution in [0.2, 0.25) is 0 Å². The summed E-state index contributed by atoms with van der Waals surface area (Å²) >= 11 is 1.59. The lowest BCUT2D eigenvalue weighted by molar-refractivity contribution is -0.130. The van der Waals surface area contributed by atoms with Gasteiger partial charge in [0.15, 0.2) is 0 Å². The standard InChI is InChI=1S/C26H26N4O3S/c1-18-22(26(32)29-12-10-28(11-13-29)19(2)31)15-24(30(18)16-21-9-6-14-33-21)23-17-34-25(27-23)20-7-4-3-5-8-20/h3-9,14-15,17H,10-13,16H2,1-2H3. The molecule has 0 saturated carbocycles. The van der Waals surface area contributed by atoms with Crippen LogP contribution in [0, 0.1) is 6.92 Å². The highest BCUT2D eigenvalue weighted by molar-refractivity contribution is 7.13. The Labute approximate surface area is 202 Å². The minimum absolute atomic E-state index is 0.0151. The average molecular weight is 475 g/mol. The second-order valence-corrected chi connectivity index (χ2v) is 9.25. The van der Waals surface area contributed by atoms with Gasteiger partial charge in [-0.05, 0) is 25.1 Å². The molecule has 0 radical (unpaired) electrons. The molecular formula is C26H26N4O3S. The van der Waals surface area contributed by atoms with Crippen LogP contribution in [0.4, 0.5) is 0 Å². The van der Waals surface area contributed by atoms with Crippen molar-refractivity contribution in [1.29, 1.82) is 0 Å². The predicted octanol–water partition coefficient (Wildman–Crippen LogP) is 4.53. The average Bonchev–Trinajstić information content (AvgIpc) is 3.61. The van der Waals surface area contributed by atoms with Gasteiger partial charge in [0.2, 0.25) is 5.91 Å². The van der Waals surface area contributed by atoms with Crippen LogP contribution < -0.4 is 0 Å². The van der Waals surface area contributed by atoms with Crippen molar-refractivity contribution >= 4 is 23.2 Å². The van der Waals surface area contributed by atoms with E-state index in [2.05, 4.69) is 4.57 Å². The quantitative estimate of drug-likeness (QED) is 0.426. The molecule has 8 heteroatoms. The smallest absolute Gasteiger partial charge is 0.255 e. The maximum atomic E-state index is 13.5. The van der Waals surface area contributed by atoms with Gasteiger partial charge >= 0.3 is 0 Å². The highest BCUT2D eigenvalue weighted by Gasteiger charge is 2.27. The minimum atomic E-state index is -0.0151. The van der Waals surface area contributed by atoms with Crippen LogP contribution in [0.1, 0.15) is 28.7 Å². The van der Waals surface area contributed by atoms with Gasteiger partial charge in [0.1, 0.15) is 10.8 Å². The van der Waals surface area contributed by atoms with Gasteiger partial charge in [0, 0.05) is 49.7 Å². The molecule has 0 N–H and O–H groups in total. The summed E-state index contributed by atoms with van der Waals surface area (Å²) in [4.78, 5) is 33.7. The summed E-state index contributed by atoms with van der Waals surface area (Å²) in [5.41, 5.74) is 4.32. The van der Waals surface area contributed by atoms with Crippen molar-refractivity contribution in [2.75, 3.05) is 26.2 Å². The number of carbonyl (C=O) groups excluding carboxylic acids is 2. The van der Waals surface area contributed by atoms with E-state index in [-0.39, 0.29) is 11.8 Å². The lowest BCUT2D eigenvalue weighted by atomic mass is 10.2. The minimum Gasteiger partial charge on any atom is -0.467 e. The Bertz CT molecular complexity index is 1300. The van der Waals surface area contributed by atoms with E-state index in [0.717, 1.165) is 33.4 Å². The number of thiazole rings is 1. The van der Waals surface area contributed by atoms with E-state index < -0.39 is 0 Å². The zero-order chi connectivity index (χ0) is 23.7. The molecule has 0 bridgehead atoms. The maximum Gasteiger partial charge on any atom is 0.255 e. The van der Waals surface area contributed by atoms with E-state index in [0.29, 0.717) is 38.3 Å². The summed E-state index contributed by atoms with van der Waals surface area (Å²) < 4.78 is 7.71. The number of furan rings is 1. The second-order valence-electron chi connectivity index (χ2n) is 8.40. The van der Waals surface area contributed by atoms with Crippen LogP contribution in [0.3, 0.4) is 0 Å². The second kappa shape index (κ2) is 9.30. The van der Waals surface area contributed by atoms with E-state index in [1.807, 2.05) is 65.7 Å². The summed E-state index contributed by atoms with van der Waals surface area (Å²) in [5.74, 6) is 0.846. The number of hydrogen-bond donors (Lipinski definition) is 0. The molecule has 1 saturated heterocycles. The molecule has 1 aliphatic rings. The molecule has 3 aromatic heterocycles. The van der Waals surface area contributed by atoms with E-state index in [1.54, 1.807) is 29.4 Å². The van der Waals surface area contributed by atoms with Crippen molar-refractivity contribution in [3.05, 3.63) is 77.2 Å². The molecule has 0 aliphatic carbocycles. The molecule has 174 valence electrons. The molecule has 7 nitrogen and oxygen atoms in total. The van der Waals surface area contributed by atoms with Crippen LogP contribution in [0.5, 0.6) is 0 Å². The zero-order valence-corrected chi connectivity index (χ0v) is 20.0. The van der Waals surface area contributed by atoms with Crippen LogP contribution in [0.25, 0.3) is 22.0 Å². The number of carbonyl (C=O) groups is 2. The topological polar surface area (TPSA) is 71.6 Å². The number of nitrogens with zero attached hydrogens (tertiary/aromatic N) is 4. The number of hydrogen-bond acceptors (Lipinski definition) is 5. The van der Waals surface area contributed by atoms with Gasteiger partial charge in [-0.2, -0.15) is 0 Å². The van der Waals surface area contributed by atoms with Crippen LogP contribution in [-0.2, 0) is 11.3 Å². The van der Waals surface area contributed by atoms with Crippen molar-refractivity contribution in [2.24, 2.45) is 0 Å². The molecule has 2 amide bonds. The monoisotopic (exact) mass is 474 g/mol. The molecule has 4 heterocycles. The summed E-state index contributed by atoms with van der Waals surface area (Å²) in [6, 6.07) is 15.8. The fourth-order valence-electron chi connectivity index (χ4n) is 4.34. The van der Waals surface area contributed by atoms with Gasteiger partial charge in [-0.15, -0.1) is 11.3 Å². The molecular weight excluding hydrogens is 448 g/mol. The first kappa shape index (κ1) is 22.2. The van der Waals surface area contributed by atoms with Crippen molar-refractivity contribution in [3.8, 4) is 22.0 Å². The fourth-order valence-corrected chi connectivity index (χ4v) is 5.16. The molecule has 4 aromatic rings. The lowest BCUT2D eigenvalue weighted by Gasteiger charge is -2.34. The molecule has 0 atom stereocenters. The van der Waals surface area contributed by atoms with Crippen molar-refractivity contribution in [1.82, 2.24) is 19.4 Å². The van der Waals surface area contributed by atoms with E-state index >= 15 is 0 Å². The predicted molar refractivity (Wildman–Crippen MR) is 132 cm³/mol. The number of amides is 2. The molecule has 1 aromatic carbocycles. The van der Waals surface area contributed by atoms with E-state index in [1.165, 1.54) is 0 Å². The van der Waals surface area contributed by atoms with Gasteiger partial charge < -0.3 is 18.8 Å². The first-order valence-electron chi connectivity index (χ1n) is 11.3. The number of rotatable bonds is 5. The molecule has 0 unspecified atom stereocenters. The van der Waals surface area contributed by atoms with E-state index in [4.69, 9.17) is 9.40 Å². The fraction of sp³-hybridized carbons (Fsp3) is 0.269. The summed E-state index contributed by atoms with van der Waals surface area (Å²) in [6.07, 6.45) is 1.66. The Morgan fingerprint density at radius 1 is 1.03 bits per heavy atom. The maximum absolute atomic E-state index is 13.5. The summed E-state index contributed by atoms with van der Waals surface area (Å²) in [5, 5.41) is 2.97. The van der Waals surface area contributed by atoms with Gasteiger partial charge in [-0.1, -0.05) is 30.3 Å². The van der Waals surface area contributed by atoms with Crippen molar-refractivity contribution < 1.29 is 14.0 Å². The SMILES string of the molecule is CC(=O)N1CCN(C(=O)c2cc(-c3csc(-c4ccccc4)n3)n(Cc3ccco3)c2C)CC1. The Morgan fingerprint density at radius 2 is 1.76 bits per heavy atom. The molecule has 34 heavy (non-hydrogen) atoms. The lowest BCUT2D eigenvalue weighted by Crippen LogP contribution is -2.50. The number of aromatic nitrogens is 2. The third kappa shape index (κ3) is 4.28. The van der Waals surface area contributed by atoms with E-state index in [9.17, 15) is 9.59 Å². The van der Waals surface area contributed by atoms with Gasteiger partial charge in [-0.3, -0.25) is 9.59 Å². The zero-order valence-electron chi connectivity index (χ0n) is 19.2. The first-order valence-corrected chi connectivity index (χ1v) is 12.2. The Hall–Kier alpha value is -3.65. The van der Waals surface area contributed by atoms with Gasteiger partial charge in [-0.25, -0.2) is 4.98 Å². The third-order valence-corrected chi connectivity index (χ3v) is 7.18. The van der Waals surface area contributed by atoms with Crippen molar-refractivity contribution in [2.45, 2.75) is 20.4 Å². The largest absolute Gasteiger partial charge is 0.467 e. The molecule has 0 spiro atoms. The third-order valence-electron chi connectivity index (χ3n) is 6.29. The highest BCUT2D eigenvalue weighted by atomic mass is 32.1. The Morgan fingerprint density at radius 3 is 2.44 bits per heavy atom. The van der Waals surface area contributed by atoms with Gasteiger partial charge in [0.25, 0.3) is 5.91 Å². The summed E-state index contributed by atoms with van der Waals surface area (Å²) in [6.45, 7) is 6.24. The highest BCUT2D eigenvalue weighted by Crippen LogP contribution is 2.32. The molecule has 1 aliphatic heterocycles. The Kier molecular flexibility index (Phi) is 6.06. The Balaban J connectivity index is 1.49. The number of piperazine rings is 1. The van der Waals surface area contributed by atoms with Crippen LogP contribution >= 0.6 is 11.3 Å². The van der Waals surface area contributed by atoms with Gasteiger partial charge in [0.05, 0.1) is 29.8 Å². The molecule has 5 rings (SSSR count).